The van der Waals surface area contributed by atoms with Gasteiger partial charge in [-0.1, -0.05) is 25.5 Å². The molecular formula is C22H27FO5. The predicted octanol–water partition coefficient (Wildman–Crippen LogP) is 2.10. The van der Waals surface area contributed by atoms with Gasteiger partial charge in [0.25, 0.3) is 0 Å². The summed E-state index contributed by atoms with van der Waals surface area (Å²) in [6, 6.07) is 0. The Kier molecular flexibility index (Phi) is 4.00. The molecule has 4 rings (SSSR count). The summed E-state index contributed by atoms with van der Waals surface area (Å²) >= 11 is 0. The fraction of sp³-hybridized carbons (Fsp3) is 0.682. The molecule has 0 heterocycles. The zero-order valence-corrected chi connectivity index (χ0v) is 16.5. The number of ketones is 3. The van der Waals surface area contributed by atoms with Gasteiger partial charge in [-0.05, 0) is 50.2 Å². The second kappa shape index (κ2) is 5.70. The Morgan fingerprint density at radius 3 is 2.64 bits per heavy atom. The summed E-state index contributed by atoms with van der Waals surface area (Å²) in [5.41, 5.74) is -5.67. The number of fused-ring (bicyclic) bond motifs is 5. The highest BCUT2D eigenvalue weighted by atomic mass is 19.1. The van der Waals surface area contributed by atoms with Gasteiger partial charge in [0.05, 0.1) is 0 Å². The molecule has 3 fully saturated rings. The number of alkyl halides is 1. The van der Waals surface area contributed by atoms with Crippen LogP contribution in [0.15, 0.2) is 23.8 Å². The molecule has 0 spiro atoms. The molecule has 4 aliphatic carbocycles. The third-order valence-corrected chi connectivity index (χ3v) is 8.49. The molecular weight excluding hydrogens is 363 g/mol. The zero-order valence-electron chi connectivity index (χ0n) is 16.5. The molecule has 4 aliphatic rings. The van der Waals surface area contributed by atoms with Crippen molar-refractivity contribution in [3.05, 3.63) is 23.8 Å². The maximum atomic E-state index is 16.9. The molecule has 152 valence electrons. The van der Waals surface area contributed by atoms with E-state index in [1.165, 1.54) is 18.2 Å². The maximum Gasteiger partial charge on any atom is 0.190 e. The van der Waals surface area contributed by atoms with Gasteiger partial charge < -0.3 is 10.2 Å². The van der Waals surface area contributed by atoms with Crippen molar-refractivity contribution in [3.8, 4) is 0 Å². The van der Waals surface area contributed by atoms with E-state index in [1.54, 1.807) is 13.8 Å². The molecule has 0 amide bonds. The van der Waals surface area contributed by atoms with E-state index in [0.717, 1.165) is 0 Å². The molecule has 6 heteroatoms. The molecule has 0 aromatic rings. The monoisotopic (exact) mass is 390 g/mol. The first-order valence-electron chi connectivity index (χ1n) is 9.98. The lowest BCUT2D eigenvalue weighted by molar-refractivity contribution is -0.190. The van der Waals surface area contributed by atoms with Crippen LogP contribution in [0, 0.1) is 28.6 Å². The van der Waals surface area contributed by atoms with Crippen molar-refractivity contribution >= 4 is 17.3 Å². The average Bonchev–Trinajstić information content (AvgIpc) is 2.89. The fourth-order valence-corrected chi connectivity index (χ4v) is 6.89. The van der Waals surface area contributed by atoms with Gasteiger partial charge in [0, 0.05) is 23.2 Å². The molecule has 5 nitrogen and oxygen atoms in total. The van der Waals surface area contributed by atoms with Gasteiger partial charge >= 0.3 is 0 Å². The van der Waals surface area contributed by atoms with E-state index in [1.807, 2.05) is 6.92 Å². The molecule has 0 unspecified atom stereocenters. The summed E-state index contributed by atoms with van der Waals surface area (Å²) in [6.07, 6.45) is 5.09. The molecule has 7 atom stereocenters. The SMILES string of the molecule is C[C@@H]1CC2=CC(=O)C=C[C@]2(C)[C@@]2(F)C(=O)C[C@@]3(C)[C@@H](CC[C@]3(O)C(=O)CO)[C@H]12. The zero-order chi connectivity index (χ0) is 20.7. The van der Waals surface area contributed by atoms with E-state index in [4.69, 9.17) is 0 Å². The molecule has 0 bridgehead atoms. The summed E-state index contributed by atoms with van der Waals surface area (Å²) in [5, 5.41) is 20.5. The minimum absolute atomic E-state index is 0.119. The van der Waals surface area contributed by atoms with Gasteiger partial charge in [0.15, 0.2) is 23.0 Å². The Labute approximate surface area is 163 Å². The molecule has 0 saturated heterocycles. The van der Waals surface area contributed by atoms with E-state index in [9.17, 15) is 24.6 Å². The third-order valence-electron chi connectivity index (χ3n) is 8.49. The minimum Gasteiger partial charge on any atom is -0.388 e. The van der Waals surface area contributed by atoms with Crippen molar-refractivity contribution in [1.82, 2.24) is 0 Å². The Bertz CT molecular complexity index is 846. The van der Waals surface area contributed by atoms with Crippen LogP contribution < -0.4 is 0 Å². The van der Waals surface area contributed by atoms with Gasteiger partial charge in [-0.15, -0.1) is 0 Å². The number of aliphatic hydroxyl groups excluding tert-OH is 1. The van der Waals surface area contributed by atoms with Crippen LogP contribution in [0.3, 0.4) is 0 Å². The van der Waals surface area contributed by atoms with Gasteiger partial charge in [-0.3, -0.25) is 14.4 Å². The molecule has 0 radical (unpaired) electrons. The number of hydrogen-bond donors (Lipinski definition) is 2. The number of halogens is 1. The van der Waals surface area contributed by atoms with Crippen LogP contribution in [0.2, 0.25) is 0 Å². The van der Waals surface area contributed by atoms with Gasteiger partial charge in [0.1, 0.15) is 12.2 Å². The van der Waals surface area contributed by atoms with Crippen molar-refractivity contribution in [1.29, 1.82) is 0 Å². The molecule has 2 N–H and O–H groups in total. The second-order valence-corrected chi connectivity index (χ2v) is 9.63. The molecule has 0 aliphatic heterocycles. The average molecular weight is 390 g/mol. The number of carbonyl (C=O) groups excluding carboxylic acids is 3. The second-order valence-electron chi connectivity index (χ2n) is 9.63. The summed E-state index contributed by atoms with van der Waals surface area (Å²) in [6.45, 7) is 4.45. The molecule has 0 aromatic carbocycles. The highest BCUT2D eigenvalue weighted by Crippen LogP contribution is 2.69. The lowest BCUT2D eigenvalue weighted by Gasteiger charge is -2.61. The topological polar surface area (TPSA) is 91.7 Å². The van der Waals surface area contributed by atoms with Crippen LogP contribution in [-0.2, 0) is 14.4 Å². The molecule has 0 aromatic heterocycles. The minimum atomic E-state index is -2.19. The fourth-order valence-electron chi connectivity index (χ4n) is 6.89. The number of carbonyl (C=O) groups is 3. The van der Waals surface area contributed by atoms with E-state index < -0.39 is 46.2 Å². The summed E-state index contributed by atoms with van der Waals surface area (Å²) in [5.74, 6) is -2.77. The standard InChI is InChI=1S/C22H27FO5/c1-12-8-13-9-14(25)4-6-19(13,2)22(23)16(26)10-20(3)15(18(12)22)5-7-21(20,28)17(27)11-24/h4,6,9,12,15,18,24,28H,5,7-8,10-11H2,1-3H3/t12-,15+,18+,19+,20+,21+,22-/m1/s1. The Morgan fingerprint density at radius 1 is 1.32 bits per heavy atom. The lowest BCUT2D eigenvalue weighted by Crippen LogP contribution is -2.69. The summed E-state index contributed by atoms with van der Waals surface area (Å²) in [7, 11) is 0. The van der Waals surface area contributed by atoms with Crippen LogP contribution in [0.1, 0.15) is 46.5 Å². The third kappa shape index (κ3) is 2.00. The van der Waals surface area contributed by atoms with Gasteiger partial charge in [-0.25, -0.2) is 4.39 Å². The van der Waals surface area contributed by atoms with Crippen LogP contribution in [0.25, 0.3) is 0 Å². The number of hydrogen-bond acceptors (Lipinski definition) is 5. The molecule has 3 saturated carbocycles. The highest BCUT2D eigenvalue weighted by Gasteiger charge is 2.75. The number of Topliss-reactive ketones (excluding diaryl/α,β-unsaturated/α-hetero) is 2. The van der Waals surface area contributed by atoms with Crippen molar-refractivity contribution in [3.63, 3.8) is 0 Å². The van der Waals surface area contributed by atoms with Crippen molar-refractivity contribution in [2.45, 2.75) is 57.7 Å². The number of allylic oxidation sites excluding steroid dienone is 4. The highest BCUT2D eigenvalue weighted by molar-refractivity contribution is 6.03. The van der Waals surface area contributed by atoms with E-state index in [0.29, 0.717) is 18.4 Å². The first-order chi connectivity index (χ1) is 13.0. The first kappa shape index (κ1) is 19.6. The Balaban J connectivity index is 1.87. The van der Waals surface area contributed by atoms with Gasteiger partial charge in [0.2, 0.25) is 0 Å². The smallest absolute Gasteiger partial charge is 0.190 e. The van der Waals surface area contributed by atoms with Crippen LogP contribution in [0.5, 0.6) is 0 Å². The normalized spacial score (nSPS) is 49.9. The Morgan fingerprint density at radius 2 is 2.00 bits per heavy atom. The van der Waals surface area contributed by atoms with Crippen LogP contribution in [-0.4, -0.2) is 45.4 Å². The van der Waals surface area contributed by atoms with E-state index in [-0.39, 0.29) is 30.5 Å². The van der Waals surface area contributed by atoms with Crippen molar-refractivity contribution in [2.75, 3.05) is 6.61 Å². The number of rotatable bonds is 2. The van der Waals surface area contributed by atoms with Crippen LogP contribution in [0.4, 0.5) is 4.39 Å². The van der Waals surface area contributed by atoms with Crippen molar-refractivity contribution in [2.24, 2.45) is 28.6 Å². The first-order valence-corrected chi connectivity index (χ1v) is 9.98. The quantitative estimate of drug-likeness (QED) is 0.753. The summed E-state index contributed by atoms with van der Waals surface area (Å²) in [4.78, 5) is 37.6. The van der Waals surface area contributed by atoms with E-state index in [2.05, 4.69) is 0 Å². The van der Waals surface area contributed by atoms with E-state index >= 15 is 4.39 Å². The predicted molar refractivity (Wildman–Crippen MR) is 98.9 cm³/mol. The number of aliphatic hydroxyl groups is 2. The largest absolute Gasteiger partial charge is 0.388 e. The molecule has 28 heavy (non-hydrogen) atoms. The summed E-state index contributed by atoms with van der Waals surface area (Å²) < 4.78 is 16.9. The maximum absolute atomic E-state index is 16.9. The Hall–Kier alpha value is -1.66. The lowest BCUT2D eigenvalue weighted by atomic mass is 9.43. The van der Waals surface area contributed by atoms with Crippen molar-refractivity contribution < 1.29 is 29.0 Å². The van der Waals surface area contributed by atoms with Gasteiger partial charge in [-0.2, -0.15) is 0 Å². The van der Waals surface area contributed by atoms with Crippen LogP contribution >= 0.6 is 0 Å².